The fourth-order valence-electron chi connectivity index (χ4n) is 2.34. The third-order valence-corrected chi connectivity index (χ3v) is 5.96. The van der Waals surface area contributed by atoms with Crippen LogP contribution in [0.2, 0.25) is 15.1 Å². The Morgan fingerprint density at radius 2 is 1.48 bits per heavy atom. The second kappa shape index (κ2) is 8.59. The molecule has 0 saturated heterocycles. The minimum atomic E-state index is -4.14. The van der Waals surface area contributed by atoms with E-state index in [-0.39, 0.29) is 31.9 Å². The second-order valence-electron chi connectivity index (χ2n) is 5.83. The van der Waals surface area contributed by atoms with Crippen LogP contribution in [-0.2, 0) is 10.0 Å². The number of hydrogen-bond donors (Lipinski definition) is 2. The Hall–Kier alpha value is -2.32. The molecule has 0 bridgehead atoms. The molecule has 10 heteroatoms. The summed E-state index contributed by atoms with van der Waals surface area (Å²) in [6, 6.07) is 13.4. The molecule has 0 aliphatic rings. The molecule has 0 unspecified atom stereocenters. The third-order valence-electron chi connectivity index (χ3n) is 3.78. The van der Waals surface area contributed by atoms with Gasteiger partial charge in [0.1, 0.15) is 5.82 Å². The van der Waals surface area contributed by atoms with Crippen LogP contribution in [0.15, 0.2) is 65.6 Å². The summed E-state index contributed by atoms with van der Waals surface area (Å²) >= 11 is 17.6. The Labute approximate surface area is 181 Å². The van der Waals surface area contributed by atoms with Gasteiger partial charge in [0.15, 0.2) is 0 Å². The van der Waals surface area contributed by atoms with E-state index < -0.39 is 21.7 Å². The molecule has 0 aliphatic carbocycles. The first-order chi connectivity index (χ1) is 13.7. The minimum Gasteiger partial charge on any atom is -0.319 e. The monoisotopic (exact) mass is 472 g/mol. The van der Waals surface area contributed by atoms with Crippen LogP contribution in [0.4, 0.5) is 15.8 Å². The molecule has 0 aromatic heterocycles. The van der Waals surface area contributed by atoms with Crippen LogP contribution in [0.3, 0.4) is 0 Å². The summed E-state index contributed by atoms with van der Waals surface area (Å²) in [5, 5.41) is 3.24. The molecular formula is C19H12Cl3FN2O3S. The molecule has 3 rings (SSSR count). The SMILES string of the molecule is O=C(Nc1ccc(S(=O)(=O)Nc2cc(Cl)ccc2Cl)cc1F)c1ccc(Cl)cc1. The van der Waals surface area contributed by atoms with Gasteiger partial charge in [0, 0.05) is 15.6 Å². The lowest BCUT2D eigenvalue weighted by Gasteiger charge is -2.12. The first-order valence-electron chi connectivity index (χ1n) is 8.00. The topological polar surface area (TPSA) is 75.3 Å². The van der Waals surface area contributed by atoms with Crippen molar-refractivity contribution < 1.29 is 17.6 Å². The summed E-state index contributed by atoms with van der Waals surface area (Å²) in [7, 11) is -4.14. The number of carbonyl (C=O) groups excluding carboxylic acids is 1. The van der Waals surface area contributed by atoms with Gasteiger partial charge in [-0.3, -0.25) is 9.52 Å². The van der Waals surface area contributed by atoms with Gasteiger partial charge in [-0.2, -0.15) is 0 Å². The van der Waals surface area contributed by atoms with E-state index in [1.807, 2.05) is 0 Å². The van der Waals surface area contributed by atoms with Crippen LogP contribution in [0.25, 0.3) is 0 Å². The molecule has 3 aromatic carbocycles. The largest absolute Gasteiger partial charge is 0.319 e. The van der Waals surface area contributed by atoms with E-state index in [4.69, 9.17) is 34.8 Å². The molecule has 0 heterocycles. The average Bonchev–Trinajstić information content (AvgIpc) is 2.66. The number of nitrogens with one attached hydrogen (secondary N) is 2. The second-order valence-corrected chi connectivity index (χ2v) is 8.79. The summed E-state index contributed by atoms with van der Waals surface area (Å²) in [4.78, 5) is 11.8. The van der Waals surface area contributed by atoms with Crippen molar-refractivity contribution in [2.24, 2.45) is 0 Å². The predicted molar refractivity (Wildman–Crippen MR) is 113 cm³/mol. The van der Waals surface area contributed by atoms with Gasteiger partial charge >= 0.3 is 0 Å². The van der Waals surface area contributed by atoms with Crippen LogP contribution in [0.5, 0.6) is 0 Å². The molecule has 0 saturated carbocycles. The van der Waals surface area contributed by atoms with Gasteiger partial charge in [0.25, 0.3) is 15.9 Å². The summed E-state index contributed by atoms with van der Waals surface area (Å²) in [5.74, 6) is -1.49. The molecule has 0 spiro atoms. The Bertz CT molecular complexity index is 1190. The summed E-state index contributed by atoms with van der Waals surface area (Å²) in [5.41, 5.74) is 0.146. The molecule has 3 aromatic rings. The van der Waals surface area contributed by atoms with Gasteiger partial charge in [0.05, 0.1) is 21.3 Å². The van der Waals surface area contributed by atoms with Gasteiger partial charge in [-0.15, -0.1) is 0 Å². The van der Waals surface area contributed by atoms with Crippen LogP contribution in [0.1, 0.15) is 10.4 Å². The maximum atomic E-state index is 14.4. The van der Waals surface area contributed by atoms with Gasteiger partial charge < -0.3 is 5.32 Å². The van der Waals surface area contributed by atoms with E-state index in [0.29, 0.717) is 5.02 Å². The molecular weight excluding hydrogens is 462 g/mol. The lowest BCUT2D eigenvalue weighted by Crippen LogP contribution is -2.15. The van der Waals surface area contributed by atoms with Crippen LogP contribution >= 0.6 is 34.8 Å². The lowest BCUT2D eigenvalue weighted by molar-refractivity contribution is 0.102. The Balaban J connectivity index is 1.82. The van der Waals surface area contributed by atoms with Crippen LogP contribution in [-0.4, -0.2) is 14.3 Å². The highest BCUT2D eigenvalue weighted by atomic mass is 35.5. The number of sulfonamides is 1. The molecule has 2 N–H and O–H groups in total. The van der Waals surface area contributed by atoms with Crippen molar-refractivity contribution in [3.63, 3.8) is 0 Å². The normalized spacial score (nSPS) is 11.2. The van der Waals surface area contributed by atoms with Crippen molar-refractivity contribution in [2.45, 2.75) is 4.90 Å². The zero-order valence-electron chi connectivity index (χ0n) is 14.4. The van der Waals surface area contributed by atoms with Crippen LogP contribution < -0.4 is 10.0 Å². The number of amides is 1. The quantitative estimate of drug-likeness (QED) is 0.489. The molecule has 0 atom stereocenters. The van der Waals surface area contributed by atoms with Gasteiger partial charge in [-0.05, 0) is 60.7 Å². The summed E-state index contributed by atoms with van der Waals surface area (Å²) in [6.45, 7) is 0. The highest BCUT2D eigenvalue weighted by Gasteiger charge is 2.19. The Morgan fingerprint density at radius 1 is 0.828 bits per heavy atom. The Morgan fingerprint density at radius 3 is 2.14 bits per heavy atom. The zero-order valence-corrected chi connectivity index (χ0v) is 17.5. The van der Waals surface area contributed by atoms with Crippen molar-refractivity contribution in [3.05, 3.63) is 87.1 Å². The summed E-state index contributed by atoms with van der Waals surface area (Å²) in [6.07, 6.45) is 0. The first kappa shape index (κ1) is 21.4. The maximum absolute atomic E-state index is 14.4. The van der Waals surface area contributed by atoms with Gasteiger partial charge in [-0.25, -0.2) is 12.8 Å². The number of benzene rings is 3. The van der Waals surface area contributed by atoms with Crippen molar-refractivity contribution in [1.82, 2.24) is 0 Å². The molecule has 0 radical (unpaired) electrons. The fourth-order valence-corrected chi connectivity index (χ4v) is 3.94. The smallest absolute Gasteiger partial charge is 0.262 e. The minimum absolute atomic E-state index is 0.0553. The Kier molecular flexibility index (Phi) is 6.33. The highest BCUT2D eigenvalue weighted by molar-refractivity contribution is 7.92. The average molecular weight is 474 g/mol. The first-order valence-corrected chi connectivity index (χ1v) is 10.6. The van der Waals surface area contributed by atoms with E-state index in [1.54, 1.807) is 0 Å². The molecule has 0 fully saturated rings. The van der Waals surface area contributed by atoms with E-state index in [9.17, 15) is 17.6 Å². The molecule has 5 nitrogen and oxygen atoms in total. The molecule has 1 amide bonds. The standard InChI is InChI=1S/C19H12Cl3FN2O3S/c20-12-3-1-11(2-4-12)19(26)24-17-8-6-14(10-16(17)23)29(27,28)25-18-9-13(21)5-7-15(18)22/h1-10,25H,(H,24,26). The fraction of sp³-hybridized carbons (Fsp3) is 0. The number of hydrogen-bond acceptors (Lipinski definition) is 3. The van der Waals surface area contributed by atoms with E-state index in [0.717, 1.165) is 18.2 Å². The van der Waals surface area contributed by atoms with Crippen molar-refractivity contribution in [1.29, 1.82) is 0 Å². The van der Waals surface area contributed by atoms with Gasteiger partial charge in [0.2, 0.25) is 0 Å². The summed E-state index contributed by atoms with van der Waals surface area (Å²) < 4.78 is 41.7. The van der Waals surface area contributed by atoms with E-state index in [2.05, 4.69) is 10.0 Å². The van der Waals surface area contributed by atoms with Gasteiger partial charge in [-0.1, -0.05) is 34.8 Å². The molecule has 150 valence electrons. The van der Waals surface area contributed by atoms with Crippen molar-refractivity contribution >= 4 is 62.1 Å². The number of carbonyl (C=O) groups is 1. The zero-order chi connectivity index (χ0) is 21.2. The molecule has 29 heavy (non-hydrogen) atoms. The highest BCUT2D eigenvalue weighted by Crippen LogP contribution is 2.28. The predicted octanol–water partition coefficient (Wildman–Crippen LogP) is 5.84. The van der Waals surface area contributed by atoms with E-state index in [1.165, 1.54) is 42.5 Å². The van der Waals surface area contributed by atoms with E-state index >= 15 is 0 Å². The third kappa shape index (κ3) is 5.19. The van der Waals surface area contributed by atoms with Crippen molar-refractivity contribution in [3.8, 4) is 0 Å². The number of rotatable bonds is 5. The van der Waals surface area contributed by atoms with Crippen molar-refractivity contribution in [2.75, 3.05) is 10.0 Å². The maximum Gasteiger partial charge on any atom is 0.262 e. The number of halogens is 4. The number of anilines is 2. The molecule has 0 aliphatic heterocycles. The lowest BCUT2D eigenvalue weighted by atomic mass is 10.2. The van der Waals surface area contributed by atoms with Crippen LogP contribution in [0, 0.1) is 5.82 Å².